The van der Waals surface area contributed by atoms with E-state index in [1.165, 1.54) is 10.4 Å². The van der Waals surface area contributed by atoms with Crippen molar-refractivity contribution in [3.05, 3.63) is 69.9 Å². The van der Waals surface area contributed by atoms with Crippen molar-refractivity contribution < 1.29 is 9.47 Å². The molecule has 1 aliphatic rings. The van der Waals surface area contributed by atoms with Crippen LogP contribution in [0.1, 0.15) is 16.0 Å². The van der Waals surface area contributed by atoms with E-state index in [1.807, 2.05) is 24.3 Å². The number of aromatic nitrogens is 1. The molecule has 3 aromatic rings. The number of pyridine rings is 1. The van der Waals surface area contributed by atoms with Gasteiger partial charge in [-0.2, -0.15) is 10.1 Å². The third kappa shape index (κ3) is 5.81. The highest BCUT2D eigenvalue weighted by Crippen LogP contribution is 2.25. The average Bonchev–Trinajstić information content (AvgIpc) is 3.28. The van der Waals surface area contributed by atoms with Gasteiger partial charge in [-0.15, -0.1) is 11.3 Å². The highest BCUT2D eigenvalue weighted by atomic mass is 32.1. The van der Waals surface area contributed by atoms with Crippen LogP contribution in [0.3, 0.4) is 0 Å². The van der Waals surface area contributed by atoms with Crippen LogP contribution < -0.4 is 15.1 Å². The Labute approximate surface area is 181 Å². The van der Waals surface area contributed by atoms with E-state index in [2.05, 4.69) is 57.0 Å². The fourth-order valence-corrected chi connectivity index (χ4v) is 3.95. The van der Waals surface area contributed by atoms with Crippen LogP contribution in [0.25, 0.3) is 0 Å². The Morgan fingerprint density at radius 2 is 2.10 bits per heavy atom. The Bertz CT molecular complexity index is 969. The van der Waals surface area contributed by atoms with Crippen LogP contribution in [0.5, 0.6) is 5.88 Å². The van der Waals surface area contributed by atoms with Gasteiger partial charge in [0.05, 0.1) is 26.0 Å². The van der Waals surface area contributed by atoms with E-state index in [4.69, 9.17) is 9.47 Å². The SMILES string of the molecule is Cc1cccc(/C=N/Nc2cc(N3CCOCC3)cc(OCCc3cccs3)n2)c1. The smallest absolute Gasteiger partial charge is 0.217 e. The zero-order valence-corrected chi connectivity index (χ0v) is 17.9. The number of nitrogens with one attached hydrogen (secondary N) is 1. The third-order valence-electron chi connectivity index (χ3n) is 4.78. The summed E-state index contributed by atoms with van der Waals surface area (Å²) < 4.78 is 11.5. The molecule has 0 atom stereocenters. The Hall–Kier alpha value is -2.90. The van der Waals surface area contributed by atoms with Crippen LogP contribution >= 0.6 is 11.3 Å². The van der Waals surface area contributed by atoms with Gasteiger partial charge in [-0.1, -0.05) is 35.9 Å². The van der Waals surface area contributed by atoms with Gasteiger partial charge in [-0.3, -0.25) is 5.43 Å². The maximum absolute atomic E-state index is 5.98. The number of benzene rings is 1. The second-order valence-corrected chi connectivity index (χ2v) is 8.14. The number of morpholine rings is 1. The van der Waals surface area contributed by atoms with Crippen LogP contribution in [0.4, 0.5) is 11.5 Å². The van der Waals surface area contributed by atoms with Crippen molar-refractivity contribution in [2.24, 2.45) is 5.10 Å². The minimum atomic E-state index is 0.589. The normalized spacial score (nSPS) is 14.2. The Morgan fingerprint density at radius 1 is 1.20 bits per heavy atom. The average molecular weight is 423 g/mol. The number of hydrazone groups is 1. The molecule has 0 unspecified atom stereocenters. The second kappa shape index (κ2) is 10.2. The summed E-state index contributed by atoms with van der Waals surface area (Å²) in [6.07, 6.45) is 2.67. The summed E-state index contributed by atoms with van der Waals surface area (Å²) in [6.45, 7) is 5.82. The number of rotatable bonds is 8. The molecule has 0 spiro atoms. The lowest BCUT2D eigenvalue weighted by Gasteiger charge is -2.29. The van der Waals surface area contributed by atoms with Crippen molar-refractivity contribution in [1.29, 1.82) is 0 Å². The fourth-order valence-electron chi connectivity index (χ4n) is 3.26. The quantitative estimate of drug-likeness (QED) is 0.432. The lowest BCUT2D eigenvalue weighted by molar-refractivity contribution is 0.122. The molecule has 3 heterocycles. The van der Waals surface area contributed by atoms with Crippen LogP contribution in [-0.2, 0) is 11.2 Å². The number of thiophene rings is 1. The zero-order chi connectivity index (χ0) is 20.6. The van der Waals surface area contributed by atoms with Crippen LogP contribution in [0.15, 0.2) is 59.0 Å². The summed E-state index contributed by atoms with van der Waals surface area (Å²) in [7, 11) is 0. The summed E-state index contributed by atoms with van der Waals surface area (Å²) in [5, 5.41) is 6.45. The maximum atomic E-state index is 5.98. The van der Waals surface area contributed by atoms with Crippen LogP contribution in [-0.4, -0.2) is 44.1 Å². The maximum Gasteiger partial charge on any atom is 0.217 e. The van der Waals surface area contributed by atoms with Gasteiger partial charge in [0.1, 0.15) is 0 Å². The molecule has 2 aromatic heterocycles. The number of aryl methyl sites for hydroxylation is 1. The predicted molar refractivity (Wildman–Crippen MR) is 123 cm³/mol. The van der Waals surface area contributed by atoms with Crippen molar-refractivity contribution in [3.63, 3.8) is 0 Å². The van der Waals surface area contributed by atoms with Gasteiger partial charge in [0.2, 0.25) is 5.88 Å². The third-order valence-corrected chi connectivity index (χ3v) is 5.71. The highest BCUT2D eigenvalue weighted by Gasteiger charge is 2.14. The minimum absolute atomic E-state index is 0.589. The molecular weight excluding hydrogens is 396 g/mol. The topological polar surface area (TPSA) is 59.0 Å². The fraction of sp³-hybridized carbons (Fsp3) is 0.304. The Kier molecular flexibility index (Phi) is 6.95. The summed E-state index contributed by atoms with van der Waals surface area (Å²) in [5.74, 6) is 1.26. The van der Waals surface area contributed by atoms with Gasteiger partial charge in [0.25, 0.3) is 0 Å². The molecular formula is C23H26N4O2S. The van der Waals surface area contributed by atoms with E-state index >= 15 is 0 Å². The molecule has 1 saturated heterocycles. The van der Waals surface area contributed by atoms with Gasteiger partial charge in [0, 0.05) is 42.2 Å². The number of nitrogens with zero attached hydrogens (tertiary/aromatic N) is 3. The molecule has 0 bridgehead atoms. The predicted octanol–water partition coefficient (Wildman–Crippen LogP) is 4.36. The lowest BCUT2D eigenvalue weighted by Crippen LogP contribution is -2.36. The monoisotopic (exact) mass is 422 g/mol. The van der Waals surface area contributed by atoms with Gasteiger partial charge in [0.15, 0.2) is 5.82 Å². The van der Waals surface area contributed by atoms with Crippen LogP contribution in [0.2, 0.25) is 0 Å². The molecule has 0 amide bonds. The van der Waals surface area contributed by atoms with Crippen molar-refractivity contribution >= 4 is 29.1 Å². The first kappa shape index (κ1) is 20.4. The van der Waals surface area contributed by atoms with Crippen molar-refractivity contribution in [2.75, 3.05) is 43.2 Å². The molecule has 1 N–H and O–H groups in total. The van der Waals surface area contributed by atoms with Crippen molar-refractivity contribution in [3.8, 4) is 5.88 Å². The lowest BCUT2D eigenvalue weighted by atomic mass is 10.2. The van der Waals surface area contributed by atoms with E-state index in [9.17, 15) is 0 Å². The number of ether oxygens (including phenoxy) is 2. The van der Waals surface area contributed by atoms with Gasteiger partial charge < -0.3 is 14.4 Å². The van der Waals surface area contributed by atoms with E-state index in [0.29, 0.717) is 18.3 Å². The Morgan fingerprint density at radius 3 is 2.90 bits per heavy atom. The molecule has 156 valence electrons. The number of hydrogen-bond acceptors (Lipinski definition) is 7. The van der Waals surface area contributed by atoms with E-state index in [0.717, 1.165) is 44.0 Å². The molecule has 30 heavy (non-hydrogen) atoms. The Balaban J connectivity index is 1.47. The van der Waals surface area contributed by atoms with Crippen LogP contribution in [0, 0.1) is 6.92 Å². The summed E-state index contributed by atoms with van der Waals surface area (Å²) in [5.41, 5.74) is 6.36. The summed E-state index contributed by atoms with van der Waals surface area (Å²) in [6, 6.07) is 16.4. The number of hydrogen-bond donors (Lipinski definition) is 1. The van der Waals surface area contributed by atoms with Gasteiger partial charge >= 0.3 is 0 Å². The highest BCUT2D eigenvalue weighted by molar-refractivity contribution is 7.09. The molecule has 0 aliphatic carbocycles. The zero-order valence-electron chi connectivity index (χ0n) is 17.1. The standard InChI is InChI=1S/C23H26N4O2S/c1-18-4-2-5-19(14-18)17-24-26-22-15-20(27-8-11-28-12-9-27)16-23(25-22)29-10-7-21-6-3-13-30-21/h2-6,13-17H,7-12H2,1H3,(H,25,26)/b24-17+. The molecule has 7 heteroatoms. The molecule has 1 fully saturated rings. The summed E-state index contributed by atoms with van der Waals surface area (Å²) >= 11 is 1.74. The molecule has 1 aliphatic heterocycles. The first-order valence-corrected chi connectivity index (χ1v) is 11.0. The molecule has 1 aromatic carbocycles. The molecule has 0 radical (unpaired) electrons. The second-order valence-electron chi connectivity index (χ2n) is 7.11. The van der Waals surface area contributed by atoms with E-state index in [1.54, 1.807) is 17.6 Å². The minimum Gasteiger partial charge on any atom is -0.477 e. The first-order valence-electron chi connectivity index (χ1n) is 10.1. The summed E-state index contributed by atoms with van der Waals surface area (Å²) in [4.78, 5) is 8.18. The largest absolute Gasteiger partial charge is 0.477 e. The molecule has 0 saturated carbocycles. The van der Waals surface area contributed by atoms with Gasteiger partial charge in [-0.05, 0) is 23.9 Å². The first-order chi connectivity index (χ1) is 14.8. The molecule has 4 rings (SSSR count). The van der Waals surface area contributed by atoms with E-state index < -0.39 is 0 Å². The van der Waals surface area contributed by atoms with Crippen molar-refractivity contribution in [1.82, 2.24) is 4.98 Å². The van der Waals surface area contributed by atoms with Gasteiger partial charge in [-0.25, -0.2) is 0 Å². The number of anilines is 2. The van der Waals surface area contributed by atoms with E-state index in [-0.39, 0.29) is 0 Å². The van der Waals surface area contributed by atoms with Crippen molar-refractivity contribution in [2.45, 2.75) is 13.3 Å². The molecule has 6 nitrogen and oxygen atoms in total.